The number of hydrogen-bond donors (Lipinski definition) is 0. The van der Waals surface area contributed by atoms with Gasteiger partial charge in [0, 0.05) is 30.1 Å². The Hall–Kier alpha value is -3.47. The van der Waals surface area contributed by atoms with Crippen LogP contribution < -0.4 is 4.90 Å². The van der Waals surface area contributed by atoms with Gasteiger partial charge in [0.25, 0.3) is 0 Å². The van der Waals surface area contributed by atoms with Crippen molar-refractivity contribution in [2.75, 3.05) is 18.0 Å². The third-order valence-corrected chi connectivity index (χ3v) is 8.50. The van der Waals surface area contributed by atoms with E-state index in [9.17, 15) is 0 Å². The van der Waals surface area contributed by atoms with E-state index >= 15 is 0 Å². The summed E-state index contributed by atoms with van der Waals surface area (Å²) >= 11 is 0. The largest absolute Gasteiger partial charge is 0.360 e. The number of rotatable bonds is 4. The van der Waals surface area contributed by atoms with Crippen molar-refractivity contribution in [3.63, 3.8) is 0 Å². The molecule has 1 saturated carbocycles. The lowest BCUT2D eigenvalue weighted by molar-refractivity contribution is 0.277. The van der Waals surface area contributed by atoms with Crippen LogP contribution in [0.5, 0.6) is 0 Å². The quantitative estimate of drug-likeness (QED) is 0.313. The van der Waals surface area contributed by atoms with Crippen molar-refractivity contribution in [3.05, 3.63) is 76.7 Å². The molecule has 182 valence electrons. The lowest BCUT2D eigenvalue weighted by Gasteiger charge is -2.46. The molecule has 0 unspecified atom stereocenters. The van der Waals surface area contributed by atoms with Gasteiger partial charge in [0.15, 0.2) is 0 Å². The highest BCUT2D eigenvalue weighted by Gasteiger charge is 2.44. The van der Waals surface area contributed by atoms with Gasteiger partial charge in [-0.25, -0.2) is 4.98 Å². The van der Waals surface area contributed by atoms with Gasteiger partial charge in [-0.05, 0) is 92.7 Å². The molecule has 3 heterocycles. The van der Waals surface area contributed by atoms with Crippen molar-refractivity contribution < 1.29 is 4.52 Å². The van der Waals surface area contributed by atoms with Crippen LogP contribution in [0.15, 0.2) is 53.2 Å². The summed E-state index contributed by atoms with van der Waals surface area (Å²) in [6.45, 7) is 8.48. The topological polar surface area (TPSA) is 55.1 Å². The van der Waals surface area contributed by atoms with Crippen molar-refractivity contribution in [2.24, 2.45) is 5.41 Å². The number of anilines is 1. The van der Waals surface area contributed by atoms with Crippen LogP contribution in [0.2, 0.25) is 0 Å². The molecule has 4 aromatic rings. The minimum atomic E-state index is 0.281. The highest BCUT2D eigenvalue weighted by molar-refractivity contribution is 5.86. The van der Waals surface area contributed by atoms with Crippen LogP contribution >= 0.6 is 0 Å². The molecule has 0 atom stereocenters. The lowest BCUT2D eigenvalue weighted by atomic mass is 9.63. The van der Waals surface area contributed by atoms with Gasteiger partial charge in [0.2, 0.25) is 0 Å². The van der Waals surface area contributed by atoms with Gasteiger partial charge in [-0.1, -0.05) is 35.5 Å². The molecule has 0 amide bonds. The van der Waals surface area contributed by atoms with E-state index < -0.39 is 0 Å². The fourth-order valence-electron chi connectivity index (χ4n) is 6.24. The monoisotopic (exact) mass is 476 g/mol. The first-order valence-electron chi connectivity index (χ1n) is 13.3. The maximum atomic E-state index is 6.02. The molecule has 1 spiro atoms. The average Bonchev–Trinajstić information content (AvgIpc) is 3.62. The first-order valence-corrected chi connectivity index (χ1v) is 13.3. The van der Waals surface area contributed by atoms with Crippen LogP contribution in [0, 0.1) is 26.2 Å². The third-order valence-electron chi connectivity index (χ3n) is 8.50. The molecule has 7 rings (SSSR count). The van der Waals surface area contributed by atoms with Gasteiger partial charge in [0.05, 0.1) is 17.2 Å². The molecule has 0 bridgehead atoms. The maximum Gasteiger partial charge on any atom is 0.147 e. The minimum absolute atomic E-state index is 0.281. The van der Waals surface area contributed by atoms with Gasteiger partial charge in [0.1, 0.15) is 17.3 Å². The number of nitrogens with zero attached hydrogens (tertiary/aromatic N) is 4. The molecule has 2 aromatic carbocycles. The van der Waals surface area contributed by atoms with Crippen molar-refractivity contribution >= 4 is 22.4 Å². The Kier molecular flexibility index (Phi) is 4.85. The number of fused-ring (bicyclic) bond motifs is 1. The molecule has 0 N–H and O–H groups in total. The smallest absolute Gasteiger partial charge is 0.147 e. The Labute approximate surface area is 212 Å². The Morgan fingerprint density at radius 1 is 0.944 bits per heavy atom. The van der Waals surface area contributed by atoms with Crippen LogP contribution in [0.25, 0.3) is 27.9 Å². The third kappa shape index (κ3) is 3.56. The molecule has 1 aliphatic heterocycles. The zero-order valence-electron chi connectivity index (χ0n) is 21.3. The zero-order chi connectivity index (χ0) is 24.4. The van der Waals surface area contributed by atoms with E-state index in [1.807, 2.05) is 6.20 Å². The summed E-state index contributed by atoms with van der Waals surface area (Å²) in [5, 5.41) is 4.65. The van der Waals surface area contributed by atoms with E-state index in [1.54, 1.807) is 0 Å². The van der Waals surface area contributed by atoms with E-state index in [0.29, 0.717) is 5.92 Å². The summed E-state index contributed by atoms with van der Waals surface area (Å²) in [6, 6.07) is 12.8. The first-order chi connectivity index (χ1) is 17.5. The Bertz CT molecular complexity index is 1500. The summed E-state index contributed by atoms with van der Waals surface area (Å²) in [6.07, 6.45) is 10.3. The summed E-state index contributed by atoms with van der Waals surface area (Å²) in [7, 11) is 0. The van der Waals surface area contributed by atoms with Crippen LogP contribution in [0.1, 0.15) is 66.0 Å². The lowest BCUT2D eigenvalue weighted by Crippen LogP contribution is -2.42. The highest BCUT2D eigenvalue weighted by atomic mass is 16.5. The van der Waals surface area contributed by atoms with E-state index in [0.717, 1.165) is 60.7 Å². The standard InChI is InChI=1S/C31H32N4O/c1-19-7-10-24-25(15-19)32-18-26(33-24)35-13-11-31(12-14-35)16-23(17-31)28-29(34-36-30(28)22-8-9-22)27-20(2)5-4-6-21(27)3/h4-7,10,15-16,18,22H,8-9,11-14,17H2,1-3H3. The Morgan fingerprint density at radius 2 is 1.69 bits per heavy atom. The molecule has 3 aliphatic rings. The SMILES string of the molecule is Cc1ccc2nc(N3CCC4(C=C(c5c(-c6c(C)cccc6C)noc5C5CC5)C4)CC3)cnc2c1. The van der Waals surface area contributed by atoms with Crippen LogP contribution in [-0.2, 0) is 0 Å². The molecule has 2 aliphatic carbocycles. The van der Waals surface area contributed by atoms with E-state index in [2.05, 4.69) is 78.3 Å². The summed E-state index contributed by atoms with van der Waals surface area (Å²) in [4.78, 5) is 12.0. The van der Waals surface area contributed by atoms with Crippen molar-refractivity contribution in [1.82, 2.24) is 15.1 Å². The molecule has 5 heteroatoms. The van der Waals surface area contributed by atoms with Gasteiger partial charge in [-0.15, -0.1) is 0 Å². The number of piperidine rings is 1. The van der Waals surface area contributed by atoms with Crippen molar-refractivity contribution in [3.8, 4) is 11.3 Å². The molecule has 0 radical (unpaired) electrons. The normalized spacial score (nSPS) is 19.0. The molecule has 2 aromatic heterocycles. The molecule has 5 nitrogen and oxygen atoms in total. The van der Waals surface area contributed by atoms with Crippen LogP contribution in [0.3, 0.4) is 0 Å². The Balaban J connectivity index is 1.15. The minimum Gasteiger partial charge on any atom is -0.360 e. The number of hydrogen-bond acceptors (Lipinski definition) is 5. The number of allylic oxidation sites excluding steroid dienone is 2. The molecular weight excluding hydrogens is 444 g/mol. The van der Waals surface area contributed by atoms with E-state index in [-0.39, 0.29) is 5.41 Å². The average molecular weight is 477 g/mol. The fraction of sp³-hybridized carbons (Fsp3) is 0.387. The maximum absolute atomic E-state index is 6.02. The highest BCUT2D eigenvalue weighted by Crippen LogP contribution is 2.56. The zero-order valence-corrected chi connectivity index (χ0v) is 21.3. The van der Waals surface area contributed by atoms with Crippen molar-refractivity contribution in [1.29, 1.82) is 0 Å². The molecule has 1 saturated heterocycles. The molecular formula is C31H32N4O. The van der Waals surface area contributed by atoms with Crippen LogP contribution in [-0.4, -0.2) is 28.2 Å². The predicted octanol–water partition coefficient (Wildman–Crippen LogP) is 7.16. The second kappa shape index (κ2) is 8.02. The summed E-state index contributed by atoms with van der Waals surface area (Å²) in [5.74, 6) is 2.66. The summed E-state index contributed by atoms with van der Waals surface area (Å²) < 4.78 is 6.02. The summed E-state index contributed by atoms with van der Waals surface area (Å²) in [5.41, 5.74) is 11.0. The van der Waals surface area contributed by atoms with Gasteiger partial charge in [-0.2, -0.15) is 0 Å². The molecule has 36 heavy (non-hydrogen) atoms. The van der Waals surface area contributed by atoms with Gasteiger partial charge >= 0.3 is 0 Å². The fourth-order valence-corrected chi connectivity index (χ4v) is 6.24. The van der Waals surface area contributed by atoms with Gasteiger partial charge in [-0.3, -0.25) is 4.98 Å². The van der Waals surface area contributed by atoms with Crippen molar-refractivity contribution in [2.45, 2.75) is 58.8 Å². The number of aryl methyl sites for hydroxylation is 3. The van der Waals surface area contributed by atoms with E-state index in [4.69, 9.17) is 9.51 Å². The second-order valence-electron chi connectivity index (χ2n) is 11.2. The first kappa shape index (κ1) is 21.8. The number of benzene rings is 2. The van der Waals surface area contributed by atoms with Crippen LogP contribution in [0.4, 0.5) is 5.82 Å². The Morgan fingerprint density at radius 3 is 2.42 bits per heavy atom. The molecule has 2 fully saturated rings. The number of aromatic nitrogens is 3. The van der Waals surface area contributed by atoms with E-state index in [1.165, 1.54) is 46.2 Å². The predicted molar refractivity (Wildman–Crippen MR) is 144 cm³/mol. The second-order valence-corrected chi connectivity index (χ2v) is 11.2. The van der Waals surface area contributed by atoms with Gasteiger partial charge < -0.3 is 9.42 Å².